The highest BCUT2D eigenvalue weighted by molar-refractivity contribution is 9.10. The molecule has 0 aromatic heterocycles. The molecular weight excluding hydrogens is 321 g/mol. The molecule has 0 N–H and O–H groups in total. The maximum Gasteiger partial charge on any atom is 0.417 e. The Bertz CT molecular complexity index is 440. The third-order valence-corrected chi connectivity index (χ3v) is 4.00. The molecule has 2 rings (SSSR count). The maximum absolute atomic E-state index is 12.6. The summed E-state index contributed by atoms with van der Waals surface area (Å²) in [5.41, 5.74) is 0.291. The predicted molar refractivity (Wildman–Crippen MR) is 71.9 cm³/mol. The SMILES string of the molecule is CN1CCN(Cc2ccc(C(F)(F)F)c(Br)c2)CC1. The summed E-state index contributed by atoms with van der Waals surface area (Å²) in [6.45, 7) is 4.61. The Hall–Kier alpha value is -0.590. The molecular formula is C13H16BrF3N2. The van der Waals surface area contributed by atoms with E-state index >= 15 is 0 Å². The molecule has 0 saturated carbocycles. The minimum absolute atomic E-state index is 0.117. The van der Waals surface area contributed by atoms with Crippen LogP contribution in [0.15, 0.2) is 22.7 Å². The van der Waals surface area contributed by atoms with Gasteiger partial charge in [-0.2, -0.15) is 13.2 Å². The van der Waals surface area contributed by atoms with E-state index in [1.54, 1.807) is 12.1 Å². The fourth-order valence-corrected chi connectivity index (χ4v) is 2.80. The number of benzene rings is 1. The van der Waals surface area contributed by atoms with Gasteiger partial charge in [0.1, 0.15) is 0 Å². The largest absolute Gasteiger partial charge is 0.417 e. The first kappa shape index (κ1) is 14.8. The topological polar surface area (TPSA) is 6.48 Å². The Morgan fingerprint density at radius 2 is 1.79 bits per heavy atom. The van der Waals surface area contributed by atoms with Crippen LogP contribution < -0.4 is 0 Å². The average molecular weight is 337 g/mol. The number of likely N-dealkylation sites (N-methyl/N-ethyl adjacent to an activating group) is 1. The van der Waals surface area contributed by atoms with Gasteiger partial charge in [0.2, 0.25) is 0 Å². The molecule has 0 radical (unpaired) electrons. The van der Waals surface area contributed by atoms with E-state index in [1.807, 2.05) is 0 Å². The lowest BCUT2D eigenvalue weighted by molar-refractivity contribution is -0.138. The van der Waals surface area contributed by atoms with Crippen LogP contribution in [0.4, 0.5) is 13.2 Å². The van der Waals surface area contributed by atoms with Gasteiger partial charge in [-0.05, 0) is 24.7 Å². The zero-order valence-electron chi connectivity index (χ0n) is 10.7. The van der Waals surface area contributed by atoms with Gasteiger partial charge in [0.15, 0.2) is 0 Å². The van der Waals surface area contributed by atoms with E-state index in [2.05, 4.69) is 32.8 Å². The average Bonchev–Trinajstić information content (AvgIpc) is 2.30. The van der Waals surface area contributed by atoms with E-state index in [9.17, 15) is 13.2 Å². The molecule has 0 spiro atoms. The monoisotopic (exact) mass is 336 g/mol. The lowest BCUT2D eigenvalue weighted by Crippen LogP contribution is -2.43. The summed E-state index contributed by atoms with van der Waals surface area (Å²) in [7, 11) is 2.08. The molecule has 0 aliphatic carbocycles. The molecule has 0 bridgehead atoms. The van der Waals surface area contributed by atoms with Crippen molar-refractivity contribution in [2.45, 2.75) is 12.7 Å². The molecule has 2 nitrogen and oxygen atoms in total. The van der Waals surface area contributed by atoms with Gasteiger partial charge in [-0.15, -0.1) is 0 Å². The smallest absolute Gasteiger partial charge is 0.304 e. The van der Waals surface area contributed by atoms with Gasteiger partial charge in [0, 0.05) is 37.2 Å². The van der Waals surface area contributed by atoms with Crippen molar-refractivity contribution in [2.75, 3.05) is 33.2 Å². The van der Waals surface area contributed by atoms with Crippen molar-refractivity contribution in [1.82, 2.24) is 9.80 Å². The first-order chi connectivity index (χ1) is 8.86. The summed E-state index contributed by atoms with van der Waals surface area (Å²) >= 11 is 3.01. The Labute approximate surface area is 119 Å². The van der Waals surface area contributed by atoms with E-state index in [4.69, 9.17) is 0 Å². The lowest BCUT2D eigenvalue weighted by Gasteiger charge is -2.32. The molecule has 1 aromatic rings. The molecule has 6 heteroatoms. The zero-order valence-corrected chi connectivity index (χ0v) is 12.3. The number of alkyl halides is 3. The van der Waals surface area contributed by atoms with E-state index in [1.165, 1.54) is 0 Å². The van der Waals surface area contributed by atoms with E-state index in [-0.39, 0.29) is 4.47 Å². The second-order valence-electron chi connectivity index (χ2n) is 4.89. The first-order valence-electron chi connectivity index (χ1n) is 6.13. The van der Waals surface area contributed by atoms with Gasteiger partial charge in [0.25, 0.3) is 0 Å². The van der Waals surface area contributed by atoms with Crippen LogP contribution >= 0.6 is 15.9 Å². The van der Waals surface area contributed by atoms with Crippen LogP contribution in [-0.2, 0) is 12.7 Å². The Morgan fingerprint density at radius 1 is 1.16 bits per heavy atom. The number of rotatable bonds is 2. The van der Waals surface area contributed by atoms with Crippen molar-refractivity contribution in [1.29, 1.82) is 0 Å². The number of hydrogen-bond donors (Lipinski definition) is 0. The second kappa shape index (κ2) is 5.81. The van der Waals surface area contributed by atoms with Crippen LogP contribution in [0.5, 0.6) is 0 Å². The van der Waals surface area contributed by atoms with Crippen LogP contribution in [0.3, 0.4) is 0 Å². The summed E-state index contributed by atoms with van der Waals surface area (Å²) in [5, 5.41) is 0. The summed E-state index contributed by atoms with van der Waals surface area (Å²) in [4.78, 5) is 4.51. The van der Waals surface area contributed by atoms with Gasteiger partial charge in [-0.1, -0.05) is 22.0 Å². The molecule has 1 saturated heterocycles. The maximum atomic E-state index is 12.6. The Morgan fingerprint density at radius 3 is 2.32 bits per heavy atom. The highest BCUT2D eigenvalue weighted by atomic mass is 79.9. The first-order valence-corrected chi connectivity index (χ1v) is 6.92. The van der Waals surface area contributed by atoms with Gasteiger partial charge >= 0.3 is 6.18 Å². The van der Waals surface area contributed by atoms with Crippen molar-refractivity contribution < 1.29 is 13.2 Å². The quantitative estimate of drug-likeness (QED) is 0.818. The van der Waals surface area contributed by atoms with Gasteiger partial charge < -0.3 is 4.90 Å². The van der Waals surface area contributed by atoms with Crippen molar-refractivity contribution in [3.8, 4) is 0 Å². The Kier molecular flexibility index (Phi) is 4.53. The van der Waals surface area contributed by atoms with E-state index in [0.717, 1.165) is 37.8 Å². The van der Waals surface area contributed by atoms with E-state index < -0.39 is 11.7 Å². The molecule has 19 heavy (non-hydrogen) atoms. The Balaban J connectivity index is 2.04. The summed E-state index contributed by atoms with van der Waals surface area (Å²) < 4.78 is 38.0. The fraction of sp³-hybridized carbons (Fsp3) is 0.538. The molecule has 1 aromatic carbocycles. The zero-order chi connectivity index (χ0) is 14.0. The van der Waals surface area contributed by atoms with Gasteiger partial charge in [0.05, 0.1) is 5.56 Å². The molecule has 1 fully saturated rings. The van der Waals surface area contributed by atoms with Crippen LogP contribution in [0.2, 0.25) is 0 Å². The van der Waals surface area contributed by atoms with Crippen molar-refractivity contribution in [2.24, 2.45) is 0 Å². The minimum Gasteiger partial charge on any atom is -0.304 e. The van der Waals surface area contributed by atoms with Gasteiger partial charge in [-0.25, -0.2) is 0 Å². The number of halogens is 4. The summed E-state index contributed by atoms with van der Waals surface area (Å²) in [5.74, 6) is 0. The van der Waals surface area contributed by atoms with E-state index in [0.29, 0.717) is 6.54 Å². The highest BCUT2D eigenvalue weighted by Gasteiger charge is 2.32. The molecule has 0 unspecified atom stereocenters. The van der Waals surface area contributed by atoms with Crippen LogP contribution in [-0.4, -0.2) is 43.0 Å². The second-order valence-corrected chi connectivity index (χ2v) is 5.75. The van der Waals surface area contributed by atoms with Crippen molar-refractivity contribution in [3.05, 3.63) is 33.8 Å². The molecule has 0 atom stereocenters. The third-order valence-electron chi connectivity index (χ3n) is 3.34. The molecule has 0 amide bonds. The molecule has 106 valence electrons. The van der Waals surface area contributed by atoms with Gasteiger partial charge in [-0.3, -0.25) is 4.90 Å². The summed E-state index contributed by atoms with van der Waals surface area (Å²) in [6, 6.07) is 4.28. The molecule has 1 aliphatic heterocycles. The van der Waals surface area contributed by atoms with Crippen molar-refractivity contribution >= 4 is 15.9 Å². The fourth-order valence-electron chi connectivity index (χ4n) is 2.15. The van der Waals surface area contributed by atoms with Crippen molar-refractivity contribution in [3.63, 3.8) is 0 Å². The third kappa shape index (κ3) is 3.94. The summed E-state index contributed by atoms with van der Waals surface area (Å²) in [6.07, 6.45) is -4.30. The number of piperazine rings is 1. The normalized spacial score (nSPS) is 18.8. The minimum atomic E-state index is -4.30. The molecule has 1 heterocycles. The number of nitrogens with zero attached hydrogens (tertiary/aromatic N) is 2. The number of hydrogen-bond acceptors (Lipinski definition) is 2. The predicted octanol–water partition coefficient (Wildman–Crippen LogP) is 3.22. The lowest BCUT2D eigenvalue weighted by atomic mass is 10.1. The van der Waals surface area contributed by atoms with Crippen LogP contribution in [0, 0.1) is 0 Å². The standard InChI is InChI=1S/C13H16BrF3N2/c1-18-4-6-19(7-5-18)9-10-2-3-11(12(14)8-10)13(15,16)17/h2-3,8H,4-7,9H2,1H3. The van der Waals surface area contributed by atoms with Crippen LogP contribution in [0.25, 0.3) is 0 Å². The van der Waals surface area contributed by atoms with Crippen LogP contribution in [0.1, 0.15) is 11.1 Å². The highest BCUT2D eigenvalue weighted by Crippen LogP contribution is 2.35. The molecule has 1 aliphatic rings.